The number of hydrogen-bond acceptors (Lipinski definition) is 8. The van der Waals surface area contributed by atoms with Crippen molar-refractivity contribution < 1.29 is 4.79 Å². The van der Waals surface area contributed by atoms with Gasteiger partial charge in [0, 0.05) is 85.4 Å². The number of anilines is 4. The molecule has 218 valence electrons. The number of amides is 1. The normalized spacial score (nSPS) is 18.8. The molecule has 3 aliphatic rings. The lowest BCUT2D eigenvalue weighted by Gasteiger charge is -2.42. The van der Waals surface area contributed by atoms with Gasteiger partial charge in [-0.05, 0) is 69.1 Å². The van der Waals surface area contributed by atoms with E-state index < -0.39 is 5.91 Å². The van der Waals surface area contributed by atoms with E-state index in [0.717, 1.165) is 48.1 Å². The highest BCUT2D eigenvalue weighted by Crippen LogP contribution is 2.36. The van der Waals surface area contributed by atoms with Crippen molar-refractivity contribution in [3.05, 3.63) is 60.4 Å². The minimum absolute atomic E-state index is 0.119. The number of rotatable bonds is 8. The van der Waals surface area contributed by atoms with Crippen LogP contribution in [0.4, 0.5) is 23.0 Å². The first kappa shape index (κ1) is 26.7. The highest BCUT2D eigenvalue weighted by Gasteiger charge is 2.28. The average molecular weight is 566 g/mol. The van der Waals surface area contributed by atoms with Crippen LogP contribution in [-0.2, 0) is 0 Å². The fraction of sp³-hybridized carbons (Fsp3) is 0.406. The summed E-state index contributed by atoms with van der Waals surface area (Å²) in [6.45, 7) is 6.82. The SMILES string of the molecule is CN1CCN(C2CCN(c3ccc(Nc4nc(NC5CC5)c(-c5cccc6[nH]ccc56)nc4C(N)=O)cc3)CC2)CC1. The molecule has 0 bridgehead atoms. The number of aromatic nitrogens is 3. The quantitative estimate of drug-likeness (QED) is 0.250. The molecule has 0 radical (unpaired) electrons. The van der Waals surface area contributed by atoms with Crippen LogP contribution in [-0.4, -0.2) is 89.1 Å². The van der Waals surface area contributed by atoms with Crippen molar-refractivity contribution >= 4 is 39.8 Å². The molecule has 3 fully saturated rings. The van der Waals surface area contributed by atoms with E-state index in [-0.39, 0.29) is 5.69 Å². The van der Waals surface area contributed by atoms with Crippen molar-refractivity contribution in [2.75, 3.05) is 61.8 Å². The standard InChI is InChI=1S/C32H39N9O/c1-39-17-19-41(20-18-39)24-12-15-40(16-13-24)23-9-7-22(8-10-23)36-32-29(30(33)42)37-28(31(38-32)35-21-5-6-21)26-3-2-4-27-25(26)11-14-34-27/h2-4,7-11,14,21,24,34H,5-6,12-13,15-20H2,1H3,(H2,33,42)(H2,35,36,38). The highest BCUT2D eigenvalue weighted by atomic mass is 16.1. The molecule has 10 heteroatoms. The van der Waals surface area contributed by atoms with Crippen LogP contribution in [0.5, 0.6) is 0 Å². The van der Waals surface area contributed by atoms with Gasteiger partial charge in [-0.25, -0.2) is 9.97 Å². The Hall–Kier alpha value is -4.15. The van der Waals surface area contributed by atoms with Crippen LogP contribution >= 0.6 is 0 Å². The molecule has 4 heterocycles. The van der Waals surface area contributed by atoms with Crippen LogP contribution in [0.3, 0.4) is 0 Å². The third kappa shape index (κ3) is 5.52. The highest BCUT2D eigenvalue weighted by molar-refractivity contribution is 6.01. The molecule has 0 atom stereocenters. The van der Waals surface area contributed by atoms with Crippen molar-refractivity contribution in [2.45, 2.75) is 37.8 Å². The first-order valence-corrected chi connectivity index (χ1v) is 15.1. The number of carbonyl (C=O) groups excluding carboxylic acids is 1. The number of aromatic amines is 1. The number of likely N-dealkylation sites (N-methyl/N-ethyl adjacent to an activating group) is 1. The van der Waals surface area contributed by atoms with E-state index in [1.807, 2.05) is 42.6 Å². The van der Waals surface area contributed by atoms with Crippen LogP contribution in [0.25, 0.3) is 22.2 Å². The predicted molar refractivity (Wildman–Crippen MR) is 169 cm³/mol. The fourth-order valence-electron chi connectivity index (χ4n) is 6.26. The third-order valence-electron chi connectivity index (χ3n) is 8.91. The van der Waals surface area contributed by atoms with Gasteiger partial charge in [-0.15, -0.1) is 0 Å². The van der Waals surface area contributed by atoms with E-state index in [1.165, 1.54) is 44.7 Å². The summed E-state index contributed by atoms with van der Waals surface area (Å²) < 4.78 is 0. The number of hydrogen-bond donors (Lipinski definition) is 4. The van der Waals surface area contributed by atoms with E-state index in [9.17, 15) is 4.79 Å². The number of piperidine rings is 1. The Kier molecular flexibility index (Phi) is 7.17. The van der Waals surface area contributed by atoms with Crippen molar-refractivity contribution in [3.8, 4) is 11.3 Å². The molecule has 1 aliphatic carbocycles. The minimum atomic E-state index is -0.620. The van der Waals surface area contributed by atoms with Crippen molar-refractivity contribution in [2.24, 2.45) is 5.73 Å². The van der Waals surface area contributed by atoms with E-state index in [4.69, 9.17) is 15.7 Å². The molecule has 10 nitrogen and oxygen atoms in total. The summed E-state index contributed by atoms with van der Waals surface area (Å²) >= 11 is 0. The monoisotopic (exact) mass is 565 g/mol. The average Bonchev–Trinajstić information content (AvgIpc) is 3.69. The summed E-state index contributed by atoms with van der Waals surface area (Å²) in [6, 6.07) is 17.4. The van der Waals surface area contributed by atoms with Crippen LogP contribution in [0.15, 0.2) is 54.7 Å². The summed E-state index contributed by atoms with van der Waals surface area (Å²) in [4.78, 5) is 33.1. The molecular weight excluding hydrogens is 526 g/mol. The zero-order valence-electron chi connectivity index (χ0n) is 24.1. The molecule has 42 heavy (non-hydrogen) atoms. The molecule has 1 amide bonds. The maximum Gasteiger partial charge on any atom is 0.271 e. The lowest BCUT2D eigenvalue weighted by molar-refractivity contribution is 0.0982. The van der Waals surface area contributed by atoms with Gasteiger partial charge in [-0.2, -0.15) is 0 Å². The first-order valence-electron chi connectivity index (χ1n) is 15.1. The number of piperazine rings is 1. The zero-order valence-corrected chi connectivity index (χ0v) is 24.1. The second-order valence-electron chi connectivity index (χ2n) is 11.9. The number of primary amides is 1. The largest absolute Gasteiger partial charge is 0.371 e. The van der Waals surface area contributed by atoms with E-state index in [1.54, 1.807) is 0 Å². The van der Waals surface area contributed by atoms with E-state index >= 15 is 0 Å². The number of nitrogens with one attached hydrogen (secondary N) is 3. The van der Waals surface area contributed by atoms with Crippen LogP contribution in [0.2, 0.25) is 0 Å². The molecule has 0 spiro atoms. The molecule has 2 aliphatic heterocycles. The Morgan fingerprint density at radius 1 is 0.905 bits per heavy atom. The van der Waals surface area contributed by atoms with Gasteiger partial charge in [0.15, 0.2) is 17.3 Å². The molecule has 4 aromatic rings. The third-order valence-corrected chi connectivity index (χ3v) is 8.91. The van der Waals surface area contributed by atoms with Gasteiger partial charge in [0.05, 0.1) is 0 Å². The van der Waals surface area contributed by atoms with E-state index in [0.29, 0.717) is 29.4 Å². The van der Waals surface area contributed by atoms with Crippen LogP contribution in [0.1, 0.15) is 36.2 Å². The summed E-state index contributed by atoms with van der Waals surface area (Å²) in [5, 5.41) is 7.88. The van der Waals surface area contributed by atoms with Gasteiger partial charge >= 0.3 is 0 Å². The lowest BCUT2D eigenvalue weighted by atomic mass is 10.0. The van der Waals surface area contributed by atoms with Crippen molar-refractivity contribution in [3.63, 3.8) is 0 Å². The van der Waals surface area contributed by atoms with Gasteiger partial charge in [0.1, 0.15) is 5.69 Å². The Morgan fingerprint density at radius 2 is 1.67 bits per heavy atom. The van der Waals surface area contributed by atoms with Gasteiger partial charge in [-0.1, -0.05) is 12.1 Å². The first-order chi connectivity index (χ1) is 20.5. The van der Waals surface area contributed by atoms with Gasteiger partial charge in [0.2, 0.25) is 0 Å². The Labute approximate surface area is 246 Å². The Bertz CT molecular complexity index is 1560. The summed E-state index contributed by atoms with van der Waals surface area (Å²) in [7, 11) is 2.21. The molecule has 0 unspecified atom stereocenters. The molecule has 2 aromatic heterocycles. The summed E-state index contributed by atoms with van der Waals surface area (Å²) in [5.41, 5.74) is 10.5. The fourth-order valence-corrected chi connectivity index (χ4v) is 6.26. The zero-order chi connectivity index (χ0) is 28.6. The summed E-state index contributed by atoms with van der Waals surface area (Å²) in [5.74, 6) is 0.389. The molecule has 2 saturated heterocycles. The molecule has 7 rings (SSSR count). The molecular formula is C32H39N9O. The second-order valence-corrected chi connectivity index (χ2v) is 11.9. The number of nitrogens with zero attached hydrogens (tertiary/aromatic N) is 5. The number of nitrogens with two attached hydrogens (primary N) is 1. The smallest absolute Gasteiger partial charge is 0.271 e. The topological polar surface area (TPSA) is 118 Å². The summed E-state index contributed by atoms with van der Waals surface area (Å²) in [6.07, 6.45) is 6.47. The number of carbonyl (C=O) groups is 1. The van der Waals surface area contributed by atoms with E-state index in [2.05, 4.69) is 49.5 Å². The van der Waals surface area contributed by atoms with Gasteiger partial charge < -0.3 is 31.2 Å². The Balaban J connectivity index is 1.10. The van der Waals surface area contributed by atoms with Crippen LogP contribution in [0, 0.1) is 0 Å². The minimum Gasteiger partial charge on any atom is -0.371 e. The van der Waals surface area contributed by atoms with Gasteiger partial charge in [0.25, 0.3) is 5.91 Å². The maximum absolute atomic E-state index is 12.6. The number of H-pyrrole nitrogens is 1. The van der Waals surface area contributed by atoms with Gasteiger partial charge in [-0.3, -0.25) is 9.69 Å². The maximum atomic E-state index is 12.6. The molecule has 2 aromatic carbocycles. The molecule has 5 N–H and O–H groups in total. The van der Waals surface area contributed by atoms with Crippen molar-refractivity contribution in [1.29, 1.82) is 0 Å². The second kappa shape index (κ2) is 11.3. The Morgan fingerprint density at radius 3 is 2.38 bits per heavy atom. The lowest BCUT2D eigenvalue weighted by Crippen LogP contribution is -2.52. The number of fused-ring (bicyclic) bond motifs is 1. The van der Waals surface area contributed by atoms with Crippen LogP contribution < -0.4 is 21.3 Å². The van der Waals surface area contributed by atoms with Crippen molar-refractivity contribution in [1.82, 2.24) is 24.8 Å². The number of benzene rings is 2. The predicted octanol–water partition coefficient (Wildman–Crippen LogP) is 4.26. The molecule has 1 saturated carbocycles.